The van der Waals surface area contributed by atoms with Gasteiger partial charge in [-0.05, 0) is 6.42 Å². The maximum absolute atomic E-state index is 10.8. The van der Waals surface area contributed by atoms with Crippen LogP contribution >= 0.6 is 0 Å². The predicted octanol–water partition coefficient (Wildman–Crippen LogP) is -2.24. The van der Waals surface area contributed by atoms with Gasteiger partial charge in [0, 0.05) is 0 Å². The van der Waals surface area contributed by atoms with Gasteiger partial charge in [-0.2, -0.15) is 0 Å². The molecule has 9 nitrogen and oxygen atoms in total. The number of hydrogen-bond acceptors (Lipinski definition) is 7. The van der Waals surface area contributed by atoms with Crippen LogP contribution in [0.25, 0.3) is 0 Å². The summed E-state index contributed by atoms with van der Waals surface area (Å²) in [6, 6.07) is 0. The van der Waals surface area contributed by atoms with Gasteiger partial charge in [-0.25, -0.2) is 9.59 Å². The van der Waals surface area contributed by atoms with E-state index in [-0.39, 0.29) is 6.42 Å². The van der Waals surface area contributed by atoms with Crippen molar-refractivity contribution in [1.82, 2.24) is 0 Å². The van der Waals surface area contributed by atoms with Gasteiger partial charge in [0.2, 0.25) is 0 Å². The first-order valence-electron chi connectivity index (χ1n) is 5.60. The number of aliphatic hydroxyl groups is 3. The van der Waals surface area contributed by atoms with Crippen LogP contribution in [0.2, 0.25) is 0 Å². The van der Waals surface area contributed by atoms with Gasteiger partial charge in [0.25, 0.3) is 0 Å². The van der Waals surface area contributed by atoms with Crippen molar-refractivity contribution in [3.63, 3.8) is 0 Å². The van der Waals surface area contributed by atoms with E-state index in [4.69, 9.17) is 19.7 Å². The normalized spacial score (nSPS) is 36.7. The third-order valence-corrected chi connectivity index (χ3v) is 2.76. The first kappa shape index (κ1) is 15.8. The van der Waals surface area contributed by atoms with Gasteiger partial charge in [-0.1, -0.05) is 6.92 Å². The number of carboxylic acids is 2. The number of aliphatic carboxylic acids is 2. The Morgan fingerprint density at radius 3 is 2.16 bits per heavy atom. The van der Waals surface area contributed by atoms with Crippen molar-refractivity contribution in [3.8, 4) is 0 Å². The average molecular weight is 280 g/mol. The SMILES string of the molecule is CCC(O[C@@H]1OC(C(=O)O)[C@@H](O)C(O)[C@@H]1O)C(=O)O. The molecule has 3 unspecified atom stereocenters. The molecule has 0 aliphatic carbocycles. The maximum atomic E-state index is 10.8. The van der Waals surface area contributed by atoms with Crippen LogP contribution in [0.5, 0.6) is 0 Å². The molecule has 0 spiro atoms. The number of aliphatic hydroxyl groups excluding tert-OH is 3. The molecule has 5 N–H and O–H groups in total. The highest BCUT2D eigenvalue weighted by atomic mass is 16.7. The topological polar surface area (TPSA) is 154 Å². The Balaban J connectivity index is 2.82. The standard InChI is InChI=1S/C10H16O9/c1-2-3(8(14)15)18-10-6(13)4(11)5(12)7(19-10)9(16)17/h3-7,10-13H,2H2,1H3,(H,14,15)(H,16,17)/t3?,4?,5-,6-,7?,10+/m0/s1. The zero-order valence-electron chi connectivity index (χ0n) is 10.0. The van der Waals surface area contributed by atoms with Crippen LogP contribution in [0, 0.1) is 0 Å². The fourth-order valence-corrected chi connectivity index (χ4v) is 1.66. The van der Waals surface area contributed by atoms with Gasteiger partial charge >= 0.3 is 11.9 Å². The molecule has 19 heavy (non-hydrogen) atoms. The highest BCUT2D eigenvalue weighted by Crippen LogP contribution is 2.23. The third kappa shape index (κ3) is 3.39. The molecular formula is C10H16O9. The van der Waals surface area contributed by atoms with Gasteiger partial charge in [0.15, 0.2) is 18.5 Å². The lowest BCUT2D eigenvalue weighted by atomic mass is 9.99. The summed E-state index contributed by atoms with van der Waals surface area (Å²) in [4.78, 5) is 21.6. The fourth-order valence-electron chi connectivity index (χ4n) is 1.66. The van der Waals surface area contributed by atoms with E-state index in [0.717, 1.165) is 0 Å². The predicted molar refractivity (Wildman–Crippen MR) is 57.1 cm³/mol. The largest absolute Gasteiger partial charge is 0.479 e. The van der Waals surface area contributed by atoms with E-state index < -0.39 is 48.7 Å². The summed E-state index contributed by atoms with van der Waals surface area (Å²) in [6.45, 7) is 1.51. The maximum Gasteiger partial charge on any atom is 0.335 e. The van der Waals surface area contributed by atoms with E-state index in [1.165, 1.54) is 6.92 Å². The first-order chi connectivity index (χ1) is 8.79. The molecule has 1 heterocycles. The van der Waals surface area contributed by atoms with Crippen molar-refractivity contribution in [3.05, 3.63) is 0 Å². The molecule has 0 saturated carbocycles. The van der Waals surface area contributed by atoms with Crippen molar-refractivity contribution in [2.75, 3.05) is 0 Å². The van der Waals surface area contributed by atoms with E-state index in [1.54, 1.807) is 0 Å². The number of ether oxygens (including phenoxy) is 2. The molecule has 0 radical (unpaired) electrons. The minimum absolute atomic E-state index is 0.0539. The fraction of sp³-hybridized carbons (Fsp3) is 0.800. The number of carboxylic acid groups (broad SMARTS) is 2. The summed E-state index contributed by atoms with van der Waals surface area (Å²) >= 11 is 0. The van der Waals surface area contributed by atoms with Crippen LogP contribution < -0.4 is 0 Å². The lowest BCUT2D eigenvalue weighted by molar-refractivity contribution is -0.303. The zero-order valence-corrected chi connectivity index (χ0v) is 10.0. The van der Waals surface area contributed by atoms with Crippen molar-refractivity contribution in [2.45, 2.75) is 50.2 Å². The van der Waals surface area contributed by atoms with E-state index in [2.05, 4.69) is 0 Å². The van der Waals surface area contributed by atoms with E-state index in [9.17, 15) is 24.9 Å². The van der Waals surface area contributed by atoms with Gasteiger partial charge < -0.3 is 35.0 Å². The lowest BCUT2D eigenvalue weighted by Gasteiger charge is -2.39. The van der Waals surface area contributed by atoms with Gasteiger partial charge in [-0.15, -0.1) is 0 Å². The van der Waals surface area contributed by atoms with Crippen LogP contribution in [0.15, 0.2) is 0 Å². The minimum Gasteiger partial charge on any atom is -0.479 e. The summed E-state index contributed by atoms with van der Waals surface area (Å²) in [5, 5.41) is 46.1. The summed E-state index contributed by atoms with van der Waals surface area (Å²) in [5.74, 6) is -2.87. The minimum atomic E-state index is -1.84. The van der Waals surface area contributed by atoms with Crippen LogP contribution in [0.3, 0.4) is 0 Å². The van der Waals surface area contributed by atoms with Gasteiger partial charge in [0.1, 0.15) is 18.3 Å². The van der Waals surface area contributed by atoms with Crippen LogP contribution in [0.4, 0.5) is 0 Å². The average Bonchev–Trinajstić information content (AvgIpc) is 2.34. The molecule has 1 aliphatic rings. The smallest absolute Gasteiger partial charge is 0.335 e. The lowest BCUT2D eigenvalue weighted by Crippen LogP contribution is -2.61. The Hall–Kier alpha value is -1.26. The molecule has 1 saturated heterocycles. The number of hydrogen-bond donors (Lipinski definition) is 5. The van der Waals surface area contributed by atoms with E-state index in [1.807, 2.05) is 0 Å². The molecule has 1 rings (SSSR count). The summed E-state index contributed by atoms with van der Waals surface area (Å²) in [6.07, 6.45) is -10.1. The molecule has 1 fully saturated rings. The molecule has 0 aromatic heterocycles. The monoisotopic (exact) mass is 280 g/mol. The second kappa shape index (κ2) is 6.26. The second-order valence-electron chi connectivity index (χ2n) is 4.11. The van der Waals surface area contributed by atoms with E-state index >= 15 is 0 Å². The van der Waals surface area contributed by atoms with Crippen molar-refractivity contribution in [2.24, 2.45) is 0 Å². The quantitative estimate of drug-likeness (QED) is 0.376. The molecule has 0 aromatic carbocycles. The first-order valence-corrected chi connectivity index (χ1v) is 5.60. The Kier molecular flexibility index (Phi) is 5.20. The van der Waals surface area contributed by atoms with Crippen molar-refractivity contribution < 1.29 is 44.6 Å². The Bertz CT molecular complexity index is 342. The number of rotatable bonds is 5. The van der Waals surface area contributed by atoms with E-state index in [0.29, 0.717) is 0 Å². The van der Waals surface area contributed by atoms with Gasteiger partial charge in [0.05, 0.1) is 0 Å². The molecule has 0 amide bonds. The van der Waals surface area contributed by atoms with Crippen LogP contribution in [0.1, 0.15) is 13.3 Å². The molecule has 6 atom stereocenters. The van der Waals surface area contributed by atoms with Crippen molar-refractivity contribution >= 4 is 11.9 Å². The number of carbonyl (C=O) groups is 2. The van der Waals surface area contributed by atoms with Crippen molar-refractivity contribution in [1.29, 1.82) is 0 Å². The third-order valence-electron chi connectivity index (χ3n) is 2.76. The molecule has 110 valence electrons. The summed E-state index contributed by atoms with van der Waals surface area (Å²) < 4.78 is 9.69. The van der Waals surface area contributed by atoms with Crippen LogP contribution in [-0.2, 0) is 19.1 Å². The Labute approximate surface area is 108 Å². The Morgan fingerprint density at radius 1 is 1.16 bits per heavy atom. The van der Waals surface area contributed by atoms with Gasteiger partial charge in [-0.3, -0.25) is 0 Å². The molecule has 9 heteroatoms. The van der Waals surface area contributed by atoms with Crippen LogP contribution in [-0.4, -0.2) is 74.3 Å². The summed E-state index contributed by atoms with van der Waals surface area (Å²) in [7, 11) is 0. The molecule has 1 aliphatic heterocycles. The Morgan fingerprint density at radius 2 is 1.74 bits per heavy atom. The summed E-state index contributed by atoms with van der Waals surface area (Å²) in [5.41, 5.74) is 0. The highest BCUT2D eigenvalue weighted by molar-refractivity contribution is 5.73. The highest BCUT2D eigenvalue weighted by Gasteiger charge is 2.48. The molecule has 0 bridgehead atoms. The molecular weight excluding hydrogens is 264 g/mol. The zero-order chi connectivity index (χ0) is 14.7. The second-order valence-corrected chi connectivity index (χ2v) is 4.11. The molecule has 0 aromatic rings.